The molecule has 1 aliphatic carbocycles. The van der Waals surface area contributed by atoms with Gasteiger partial charge in [0.25, 0.3) is 0 Å². The molecule has 0 unspecified atom stereocenters. The normalized spacial score (nSPS) is 20.4. The first kappa shape index (κ1) is 16.0. The topological polar surface area (TPSA) is 75.3 Å². The highest BCUT2D eigenvalue weighted by Gasteiger charge is 2.44. The number of fused-ring (bicyclic) bond motifs is 1. The Morgan fingerprint density at radius 2 is 1.87 bits per heavy atom. The van der Waals surface area contributed by atoms with Gasteiger partial charge >= 0.3 is 0 Å². The number of carbonyl (C=O) groups excluding carboxylic acids is 1. The molecule has 0 aliphatic heterocycles. The predicted molar refractivity (Wildman–Crippen MR) is 90.7 cm³/mol. The van der Waals surface area contributed by atoms with Crippen LogP contribution in [0.2, 0.25) is 0 Å². The van der Waals surface area contributed by atoms with Crippen LogP contribution in [0, 0.1) is 5.92 Å². The molecule has 0 heterocycles. The van der Waals surface area contributed by atoms with Crippen LogP contribution in [0.15, 0.2) is 42.5 Å². The number of hydrogen-bond donors (Lipinski definition) is 2. The molecule has 0 radical (unpaired) electrons. The summed E-state index contributed by atoms with van der Waals surface area (Å²) in [6, 6.07) is 14.4. The highest BCUT2D eigenvalue weighted by Crippen LogP contribution is 2.49. The molecule has 2 aromatic rings. The van der Waals surface area contributed by atoms with E-state index in [0.29, 0.717) is 6.54 Å². The Morgan fingerprint density at radius 3 is 2.65 bits per heavy atom. The van der Waals surface area contributed by atoms with Crippen LogP contribution in [0.5, 0.6) is 0 Å². The van der Waals surface area contributed by atoms with Gasteiger partial charge in [-0.25, -0.2) is 13.1 Å². The van der Waals surface area contributed by atoms with E-state index in [2.05, 4.69) is 34.3 Å². The number of sulfonamides is 1. The summed E-state index contributed by atoms with van der Waals surface area (Å²) >= 11 is 0. The lowest BCUT2D eigenvalue weighted by atomic mass is 10.00. The Bertz CT molecular complexity index is 827. The summed E-state index contributed by atoms with van der Waals surface area (Å²) in [5.74, 6) is 0.237. The van der Waals surface area contributed by atoms with Gasteiger partial charge in [0, 0.05) is 19.0 Å². The zero-order chi connectivity index (χ0) is 16.4. The molecule has 2 atom stereocenters. The first-order valence-corrected chi connectivity index (χ1v) is 9.55. The van der Waals surface area contributed by atoms with E-state index in [1.165, 1.54) is 16.3 Å². The Balaban J connectivity index is 1.59. The van der Waals surface area contributed by atoms with E-state index in [-0.39, 0.29) is 24.3 Å². The number of nitrogens with one attached hydrogen (secondary N) is 2. The van der Waals surface area contributed by atoms with Gasteiger partial charge in [-0.15, -0.1) is 0 Å². The molecule has 3 rings (SSSR count). The summed E-state index contributed by atoms with van der Waals surface area (Å²) in [5, 5.41) is 5.19. The van der Waals surface area contributed by atoms with Gasteiger partial charge in [0.15, 0.2) is 0 Å². The van der Waals surface area contributed by atoms with Gasteiger partial charge in [-0.1, -0.05) is 42.5 Å². The van der Waals surface area contributed by atoms with E-state index >= 15 is 0 Å². The van der Waals surface area contributed by atoms with Crippen LogP contribution in [-0.4, -0.2) is 33.7 Å². The third-order valence-electron chi connectivity index (χ3n) is 4.14. The van der Waals surface area contributed by atoms with E-state index < -0.39 is 10.0 Å². The molecule has 0 aromatic heterocycles. The predicted octanol–water partition coefficient (Wildman–Crippen LogP) is 1.61. The van der Waals surface area contributed by atoms with E-state index in [4.69, 9.17) is 0 Å². The van der Waals surface area contributed by atoms with Crippen LogP contribution < -0.4 is 10.0 Å². The van der Waals surface area contributed by atoms with Crippen molar-refractivity contribution in [2.24, 2.45) is 5.92 Å². The molecule has 23 heavy (non-hydrogen) atoms. The standard InChI is InChI=1S/C17H20N2O3S/c1-23(21,22)19-10-9-18-17(20)16-11-15(16)14-8-4-6-12-5-2-3-7-13(12)14/h2-8,15-16,19H,9-11H2,1H3,(H,18,20)/t15-,16-/m1/s1. The van der Waals surface area contributed by atoms with E-state index in [1.807, 2.05) is 18.2 Å². The van der Waals surface area contributed by atoms with Crippen LogP contribution in [0.4, 0.5) is 0 Å². The molecule has 122 valence electrons. The van der Waals surface area contributed by atoms with Gasteiger partial charge in [0.1, 0.15) is 0 Å². The maximum absolute atomic E-state index is 12.2. The van der Waals surface area contributed by atoms with Crippen LogP contribution in [-0.2, 0) is 14.8 Å². The van der Waals surface area contributed by atoms with Crippen molar-refractivity contribution >= 4 is 26.7 Å². The smallest absolute Gasteiger partial charge is 0.223 e. The van der Waals surface area contributed by atoms with Gasteiger partial charge in [0.05, 0.1) is 6.26 Å². The molecular formula is C17H20N2O3S. The molecule has 2 aromatic carbocycles. The van der Waals surface area contributed by atoms with Crippen molar-refractivity contribution in [1.29, 1.82) is 0 Å². The van der Waals surface area contributed by atoms with Crippen molar-refractivity contribution in [2.45, 2.75) is 12.3 Å². The first-order chi connectivity index (χ1) is 11.0. The average molecular weight is 332 g/mol. The number of amides is 1. The van der Waals surface area contributed by atoms with Crippen molar-refractivity contribution < 1.29 is 13.2 Å². The Morgan fingerprint density at radius 1 is 1.13 bits per heavy atom. The quantitative estimate of drug-likeness (QED) is 0.789. The van der Waals surface area contributed by atoms with Crippen LogP contribution >= 0.6 is 0 Å². The molecule has 0 bridgehead atoms. The van der Waals surface area contributed by atoms with Crippen LogP contribution in [0.25, 0.3) is 10.8 Å². The SMILES string of the molecule is CS(=O)(=O)NCCNC(=O)[C@@H]1C[C@@H]1c1cccc2ccccc12. The maximum Gasteiger partial charge on any atom is 0.223 e. The summed E-state index contributed by atoms with van der Waals surface area (Å²) in [7, 11) is -3.21. The molecule has 1 fully saturated rings. The number of rotatable bonds is 6. The van der Waals surface area contributed by atoms with E-state index in [0.717, 1.165) is 12.7 Å². The van der Waals surface area contributed by atoms with Crippen molar-refractivity contribution in [2.75, 3.05) is 19.3 Å². The van der Waals surface area contributed by atoms with Crippen LogP contribution in [0.1, 0.15) is 17.9 Å². The van der Waals surface area contributed by atoms with Crippen molar-refractivity contribution in [3.05, 3.63) is 48.0 Å². The minimum atomic E-state index is -3.21. The Hall–Kier alpha value is -1.92. The summed E-state index contributed by atoms with van der Waals surface area (Å²) in [6.07, 6.45) is 1.95. The highest BCUT2D eigenvalue weighted by molar-refractivity contribution is 7.88. The summed E-state index contributed by atoms with van der Waals surface area (Å²) in [4.78, 5) is 12.2. The second-order valence-corrected chi connectivity index (χ2v) is 7.81. The molecule has 2 N–H and O–H groups in total. The summed E-state index contributed by atoms with van der Waals surface area (Å²) < 4.78 is 24.3. The van der Waals surface area contributed by atoms with Crippen LogP contribution in [0.3, 0.4) is 0 Å². The largest absolute Gasteiger partial charge is 0.355 e. The lowest BCUT2D eigenvalue weighted by Gasteiger charge is -2.07. The van der Waals surface area contributed by atoms with Crippen molar-refractivity contribution in [3.8, 4) is 0 Å². The zero-order valence-corrected chi connectivity index (χ0v) is 13.8. The van der Waals surface area contributed by atoms with Gasteiger partial charge in [-0.3, -0.25) is 4.79 Å². The lowest BCUT2D eigenvalue weighted by Crippen LogP contribution is -2.35. The Labute approximate surface area is 136 Å². The van der Waals surface area contributed by atoms with Gasteiger partial charge in [-0.2, -0.15) is 0 Å². The zero-order valence-electron chi connectivity index (χ0n) is 13.0. The second kappa shape index (κ2) is 6.29. The number of benzene rings is 2. The van der Waals surface area contributed by atoms with Gasteiger partial charge < -0.3 is 5.32 Å². The third-order valence-corrected chi connectivity index (χ3v) is 4.87. The molecular weight excluding hydrogens is 312 g/mol. The van der Waals surface area contributed by atoms with Gasteiger partial charge in [-0.05, 0) is 28.7 Å². The molecule has 1 saturated carbocycles. The molecule has 1 aliphatic rings. The molecule has 6 heteroatoms. The fourth-order valence-electron chi connectivity index (χ4n) is 2.96. The van der Waals surface area contributed by atoms with Crippen molar-refractivity contribution in [3.63, 3.8) is 0 Å². The number of hydrogen-bond acceptors (Lipinski definition) is 3. The minimum Gasteiger partial charge on any atom is -0.355 e. The lowest BCUT2D eigenvalue weighted by molar-refractivity contribution is -0.122. The fourth-order valence-corrected chi connectivity index (χ4v) is 3.43. The van der Waals surface area contributed by atoms with E-state index in [9.17, 15) is 13.2 Å². The Kier molecular flexibility index (Phi) is 4.37. The molecule has 0 spiro atoms. The molecule has 0 saturated heterocycles. The average Bonchev–Trinajstić information content (AvgIpc) is 3.30. The van der Waals surface area contributed by atoms with Gasteiger partial charge in [0.2, 0.25) is 15.9 Å². The molecule has 5 nitrogen and oxygen atoms in total. The maximum atomic E-state index is 12.2. The monoisotopic (exact) mass is 332 g/mol. The summed E-state index contributed by atoms with van der Waals surface area (Å²) in [5.41, 5.74) is 1.22. The van der Waals surface area contributed by atoms with Crippen molar-refractivity contribution in [1.82, 2.24) is 10.0 Å². The second-order valence-electron chi connectivity index (χ2n) is 5.97. The first-order valence-electron chi connectivity index (χ1n) is 7.66. The summed E-state index contributed by atoms with van der Waals surface area (Å²) in [6.45, 7) is 0.529. The highest BCUT2D eigenvalue weighted by atomic mass is 32.2. The third kappa shape index (κ3) is 3.89. The fraction of sp³-hybridized carbons (Fsp3) is 0.353. The number of carbonyl (C=O) groups is 1. The minimum absolute atomic E-state index is 0.00163. The van der Waals surface area contributed by atoms with E-state index in [1.54, 1.807) is 0 Å². The molecule has 1 amide bonds.